The monoisotopic (exact) mass is 410 g/mol. The number of hydrogen-bond donors (Lipinski definition) is 0. The summed E-state index contributed by atoms with van der Waals surface area (Å²) in [7, 11) is 0. The van der Waals surface area contributed by atoms with Crippen LogP contribution in [0.3, 0.4) is 0 Å². The van der Waals surface area contributed by atoms with Crippen molar-refractivity contribution in [2.24, 2.45) is 0 Å². The first kappa shape index (κ1) is 18.3. The summed E-state index contributed by atoms with van der Waals surface area (Å²) in [6.07, 6.45) is 0. The maximum absolute atomic E-state index is 12.4. The van der Waals surface area contributed by atoms with Gasteiger partial charge < -0.3 is 9.15 Å². The van der Waals surface area contributed by atoms with Gasteiger partial charge in [-0.25, -0.2) is 9.59 Å². The predicted molar refractivity (Wildman–Crippen MR) is 109 cm³/mol. The van der Waals surface area contributed by atoms with Gasteiger partial charge in [-0.1, -0.05) is 35.3 Å². The molecule has 0 aliphatic heterocycles. The Hall–Kier alpha value is -3.08. The van der Waals surface area contributed by atoms with Crippen molar-refractivity contribution >= 4 is 40.1 Å². The third-order valence-electron chi connectivity index (χ3n) is 4.15. The molecule has 4 nitrogen and oxygen atoms in total. The SMILES string of the molecule is O=C(Oc1ccc2cc(-c3ccc(Cl)cc3)c(=O)oc2c1)c1ccc(Cl)cc1. The second-order valence-corrected chi connectivity index (χ2v) is 6.92. The number of halogens is 2. The van der Waals surface area contributed by atoms with Crippen molar-refractivity contribution in [1.29, 1.82) is 0 Å². The molecule has 1 aromatic heterocycles. The molecule has 0 unspecified atom stereocenters. The lowest BCUT2D eigenvalue weighted by molar-refractivity contribution is 0.0735. The minimum atomic E-state index is -0.531. The molecule has 0 atom stereocenters. The molecule has 0 amide bonds. The van der Waals surface area contributed by atoms with E-state index in [1.165, 1.54) is 6.07 Å². The average molecular weight is 411 g/mol. The van der Waals surface area contributed by atoms with Gasteiger partial charge >= 0.3 is 11.6 Å². The minimum absolute atomic E-state index is 0.273. The van der Waals surface area contributed by atoms with Crippen LogP contribution in [0.4, 0.5) is 0 Å². The van der Waals surface area contributed by atoms with Gasteiger partial charge in [0.05, 0.1) is 11.1 Å². The number of carbonyl (C=O) groups excluding carboxylic acids is 1. The van der Waals surface area contributed by atoms with Crippen molar-refractivity contribution in [1.82, 2.24) is 0 Å². The number of carbonyl (C=O) groups is 1. The molecular weight excluding hydrogens is 399 g/mol. The zero-order valence-electron chi connectivity index (χ0n) is 14.3. The third-order valence-corrected chi connectivity index (χ3v) is 4.66. The van der Waals surface area contributed by atoms with Gasteiger partial charge in [0.15, 0.2) is 0 Å². The first-order chi connectivity index (χ1) is 13.5. The Balaban J connectivity index is 1.65. The van der Waals surface area contributed by atoms with Crippen LogP contribution in [0.5, 0.6) is 5.75 Å². The van der Waals surface area contributed by atoms with Gasteiger partial charge in [-0.2, -0.15) is 0 Å². The Kier molecular flexibility index (Phi) is 4.90. The van der Waals surface area contributed by atoms with Gasteiger partial charge in [0.25, 0.3) is 0 Å². The Morgan fingerprint density at radius 1 is 0.821 bits per heavy atom. The molecule has 3 aromatic carbocycles. The van der Waals surface area contributed by atoms with Crippen LogP contribution in [-0.2, 0) is 0 Å². The summed E-state index contributed by atoms with van der Waals surface area (Å²) in [5.74, 6) is -0.258. The van der Waals surface area contributed by atoms with E-state index in [1.807, 2.05) is 0 Å². The molecule has 138 valence electrons. The number of hydrogen-bond acceptors (Lipinski definition) is 4. The Labute approximate surface area is 169 Å². The van der Waals surface area contributed by atoms with E-state index in [-0.39, 0.29) is 5.75 Å². The van der Waals surface area contributed by atoms with Gasteiger partial charge in [-0.15, -0.1) is 0 Å². The molecule has 4 rings (SSSR count). The molecule has 0 aliphatic rings. The van der Waals surface area contributed by atoms with Gasteiger partial charge in [0.2, 0.25) is 0 Å². The van der Waals surface area contributed by atoms with Crippen molar-refractivity contribution in [2.75, 3.05) is 0 Å². The highest BCUT2D eigenvalue weighted by molar-refractivity contribution is 6.30. The maximum atomic E-state index is 12.4. The van der Waals surface area contributed by atoms with Crippen LogP contribution >= 0.6 is 23.2 Å². The van der Waals surface area contributed by atoms with Crippen LogP contribution in [0, 0.1) is 0 Å². The molecule has 0 saturated heterocycles. The molecule has 0 aliphatic carbocycles. The molecule has 6 heteroatoms. The summed E-state index contributed by atoms with van der Waals surface area (Å²) in [6, 6.07) is 19.9. The highest BCUT2D eigenvalue weighted by Gasteiger charge is 2.12. The molecule has 28 heavy (non-hydrogen) atoms. The molecule has 0 spiro atoms. The van der Waals surface area contributed by atoms with Crippen LogP contribution in [-0.4, -0.2) is 5.97 Å². The van der Waals surface area contributed by atoms with Gasteiger partial charge in [0, 0.05) is 21.5 Å². The topological polar surface area (TPSA) is 56.5 Å². The summed E-state index contributed by atoms with van der Waals surface area (Å²) < 4.78 is 10.8. The summed E-state index contributed by atoms with van der Waals surface area (Å²) in [6.45, 7) is 0. The van der Waals surface area contributed by atoms with Crippen molar-refractivity contribution in [3.8, 4) is 16.9 Å². The van der Waals surface area contributed by atoms with E-state index < -0.39 is 11.6 Å². The van der Waals surface area contributed by atoms with E-state index in [0.717, 1.165) is 0 Å². The largest absolute Gasteiger partial charge is 0.423 e. The zero-order chi connectivity index (χ0) is 19.7. The van der Waals surface area contributed by atoms with Crippen LogP contribution in [0.2, 0.25) is 10.0 Å². The standard InChI is InChI=1S/C22H12Cl2O4/c23-16-6-1-13(2-7-16)19-11-15-5-10-18(12-20(15)28-22(19)26)27-21(25)14-3-8-17(24)9-4-14/h1-12H. The predicted octanol–water partition coefficient (Wildman–Crippen LogP) is 5.99. The third kappa shape index (κ3) is 3.79. The number of fused-ring (bicyclic) bond motifs is 1. The summed E-state index contributed by atoms with van der Waals surface area (Å²) in [5, 5.41) is 1.82. The minimum Gasteiger partial charge on any atom is -0.423 e. The fourth-order valence-corrected chi connectivity index (χ4v) is 2.99. The summed E-state index contributed by atoms with van der Waals surface area (Å²) >= 11 is 11.7. The zero-order valence-corrected chi connectivity index (χ0v) is 15.8. The second kappa shape index (κ2) is 7.50. The van der Waals surface area contributed by atoms with E-state index in [2.05, 4.69) is 0 Å². The van der Waals surface area contributed by atoms with Gasteiger partial charge in [-0.05, 0) is 60.2 Å². The van der Waals surface area contributed by atoms with Crippen LogP contribution in [0.15, 0.2) is 82.0 Å². The van der Waals surface area contributed by atoms with Crippen molar-refractivity contribution in [3.63, 3.8) is 0 Å². The van der Waals surface area contributed by atoms with Crippen molar-refractivity contribution in [2.45, 2.75) is 0 Å². The van der Waals surface area contributed by atoms with E-state index >= 15 is 0 Å². The molecule has 0 saturated carbocycles. The number of benzene rings is 3. The number of ether oxygens (including phenoxy) is 1. The molecule has 0 N–H and O–H groups in total. The summed E-state index contributed by atoms with van der Waals surface area (Å²) in [5.41, 5.74) is 1.33. The van der Waals surface area contributed by atoms with E-state index in [1.54, 1.807) is 66.7 Å². The number of esters is 1. The fraction of sp³-hybridized carbons (Fsp3) is 0. The molecular formula is C22H12Cl2O4. The molecule has 1 heterocycles. The van der Waals surface area contributed by atoms with Gasteiger partial charge in [0.1, 0.15) is 11.3 Å². The Morgan fingerprint density at radius 3 is 2.14 bits per heavy atom. The summed E-state index contributed by atoms with van der Waals surface area (Å²) in [4.78, 5) is 24.6. The lowest BCUT2D eigenvalue weighted by Gasteiger charge is -2.07. The Morgan fingerprint density at radius 2 is 1.46 bits per heavy atom. The molecule has 0 fully saturated rings. The van der Waals surface area contributed by atoms with Gasteiger partial charge in [-0.3, -0.25) is 0 Å². The average Bonchev–Trinajstić information content (AvgIpc) is 2.68. The highest BCUT2D eigenvalue weighted by Crippen LogP contribution is 2.26. The first-order valence-corrected chi connectivity index (χ1v) is 9.07. The Bertz CT molecular complexity index is 1230. The molecule has 0 radical (unpaired) electrons. The van der Waals surface area contributed by atoms with E-state index in [4.69, 9.17) is 32.4 Å². The lowest BCUT2D eigenvalue weighted by atomic mass is 10.1. The van der Waals surface area contributed by atoms with E-state index in [0.29, 0.717) is 37.7 Å². The highest BCUT2D eigenvalue weighted by atomic mass is 35.5. The van der Waals surface area contributed by atoms with E-state index in [9.17, 15) is 9.59 Å². The van der Waals surface area contributed by atoms with Crippen LogP contribution in [0.25, 0.3) is 22.1 Å². The maximum Gasteiger partial charge on any atom is 0.344 e. The smallest absolute Gasteiger partial charge is 0.344 e. The molecule has 4 aromatic rings. The molecule has 0 bridgehead atoms. The fourth-order valence-electron chi connectivity index (χ4n) is 2.74. The normalized spacial score (nSPS) is 10.8. The lowest BCUT2D eigenvalue weighted by Crippen LogP contribution is -2.08. The quantitative estimate of drug-likeness (QED) is 0.236. The number of rotatable bonds is 3. The van der Waals surface area contributed by atoms with Crippen LogP contribution < -0.4 is 10.4 Å². The van der Waals surface area contributed by atoms with Crippen LogP contribution in [0.1, 0.15) is 10.4 Å². The second-order valence-electron chi connectivity index (χ2n) is 6.05. The first-order valence-electron chi connectivity index (χ1n) is 8.31. The van der Waals surface area contributed by atoms with Crippen molar-refractivity contribution in [3.05, 3.63) is 98.8 Å². The van der Waals surface area contributed by atoms with Crippen molar-refractivity contribution < 1.29 is 13.9 Å².